The highest BCUT2D eigenvalue weighted by molar-refractivity contribution is 5.51. The third kappa shape index (κ3) is 2.08. The van der Waals surface area contributed by atoms with Crippen molar-refractivity contribution in [2.45, 2.75) is 19.9 Å². The van der Waals surface area contributed by atoms with Gasteiger partial charge in [-0.3, -0.25) is 0 Å². The Morgan fingerprint density at radius 1 is 1.50 bits per heavy atom. The zero-order valence-electron chi connectivity index (χ0n) is 9.10. The molecule has 2 aromatic rings. The highest BCUT2D eigenvalue weighted by atomic mass is 15.5. The van der Waals surface area contributed by atoms with Crippen LogP contribution in [0.3, 0.4) is 0 Å². The van der Waals surface area contributed by atoms with E-state index in [-0.39, 0.29) is 6.04 Å². The van der Waals surface area contributed by atoms with E-state index >= 15 is 0 Å². The number of tetrazole rings is 1. The van der Waals surface area contributed by atoms with Gasteiger partial charge in [0.1, 0.15) is 5.82 Å². The van der Waals surface area contributed by atoms with Crippen molar-refractivity contribution in [1.29, 1.82) is 0 Å². The second-order valence-corrected chi connectivity index (χ2v) is 3.57. The number of hydrogen-bond acceptors (Lipinski definition) is 6. The number of hydrogen-bond donors (Lipinski definition) is 3. The van der Waals surface area contributed by atoms with Crippen LogP contribution < -0.4 is 11.1 Å². The van der Waals surface area contributed by atoms with E-state index < -0.39 is 0 Å². The fourth-order valence-corrected chi connectivity index (χ4v) is 1.37. The van der Waals surface area contributed by atoms with Crippen LogP contribution in [0.25, 0.3) is 0 Å². The molecule has 0 amide bonds. The molecular weight excluding hydrogens is 206 g/mol. The molecule has 2 heterocycles. The highest BCUT2D eigenvalue weighted by Gasteiger charge is 2.11. The van der Waals surface area contributed by atoms with Gasteiger partial charge < -0.3 is 11.1 Å². The van der Waals surface area contributed by atoms with E-state index in [0.717, 1.165) is 11.4 Å². The average molecular weight is 219 g/mol. The van der Waals surface area contributed by atoms with Crippen LogP contribution in [-0.2, 0) is 0 Å². The quantitative estimate of drug-likeness (QED) is 0.700. The number of rotatable bonds is 3. The number of nitrogens with one attached hydrogen (secondary N) is 2. The summed E-state index contributed by atoms with van der Waals surface area (Å²) in [5.41, 5.74) is 7.25. The minimum absolute atomic E-state index is 0.0615. The third-order valence-corrected chi connectivity index (χ3v) is 2.20. The minimum Gasteiger partial charge on any atom is -0.397 e. The molecule has 0 saturated heterocycles. The fraction of sp³-hybridized carbons (Fsp3) is 0.333. The lowest BCUT2D eigenvalue weighted by Gasteiger charge is -2.12. The molecule has 0 spiro atoms. The molecule has 0 aromatic carbocycles. The maximum atomic E-state index is 5.62. The molecule has 7 heteroatoms. The lowest BCUT2D eigenvalue weighted by Crippen LogP contribution is -2.11. The molecule has 0 fully saturated rings. The zero-order valence-corrected chi connectivity index (χ0v) is 9.10. The van der Waals surface area contributed by atoms with Crippen molar-refractivity contribution in [3.63, 3.8) is 0 Å². The predicted octanol–water partition coefficient (Wildman–Crippen LogP) is 0.658. The predicted molar refractivity (Wildman–Crippen MR) is 59.6 cm³/mol. The van der Waals surface area contributed by atoms with Crippen LogP contribution in [0.1, 0.15) is 24.4 Å². The molecule has 0 saturated carbocycles. The van der Waals surface area contributed by atoms with E-state index in [1.807, 2.05) is 19.9 Å². The van der Waals surface area contributed by atoms with Crippen molar-refractivity contribution < 1.29 is 0 Å². The number of nitrogen functional groups attached to an aromatic ring is 1. The first-order valence-corrected chi connectivity index (χ1v) is 4.89. The number of aromatic amines is 1. The van der Waals surface area contributed by atoms with Gasteiger partial charge in [0.05, 0.1) is 17.9 Å². The van der Waals surface area contributed by atoms with Crippen LogP contribution >= 0.6 is 0 Å². The van der Waals surface area contributed by atoms with Gasteiger partial charge in [0.25, 0.3) is 0 Å². The van der Waals surface area contributed by atoms with Gasteiger partial charge >= 0.3 is 0 Å². The molecule has 4 N–H and O–H groups in total. The minimum atomic E-state index is -0.0615. The average Bonchev–Trinajstić information content (AvgIpc) is 2.75. The van der Waals surface area contributed by atoms with Gasteiger partial charge in [0, 0.05) is 0 Å². The second-order valence-electron chi connectivity index (χ2n) is 3.57. The number of anilines is 2. The Bertz CT molecular complexity index is 465. The molecule has 16 heavy (non-hydrogen) atoms. The number of pyridine rings is 1. The van der Waals surface area contributed by atoms with Crippen LogP contribution in [0, 0.1) is 6.92 Å². The first-order chi connectivity index (χ1) is 7.66. The van der Waals surface area contributed by atoms with E-state index in [1.165, 1.54) is 0 Å². The Hall–Kier alpha value is -2.18. The van der Waals surface area contributed by atoms with Gasteiger partial charge in [-0.05, 0) is 25.5 Å². The van der Waals surface area contributed by atoms with Crippen molar-refractivity contribution in [2.24, 2.45) is 0 Å². The van der Waals surface area contributed by atoms with Crippen LogP contribution in [0.15, 0.2) is 12.3 Å². The first-order valence-electron chi connectivity index (χ1n) is 4.89. The third-order valence-electron chi connectivity index (χ3n) is 2.20. The van der Waals surface area contributed by atoms with E-state index in [1.54, 1.807) is 6.20 Å². The molecular formula is C9H13N7. The lowest BCUT2D eigenvalue weighted by molar-refractivity contribution is 0.786. The first kappa shape index (κ1) is 10.3. The van der Waals surface area contributed by atoms with Crippen molar-refractivity contribution >= 4 is 11.5 Å². The summed E-state index contributed by atoms with van der Waals surface area (Å²) >= 11 is 0. The van der Waals surface area contributed by atoms with Gasteiger partial charge in [-0.2, -0.15) is 5.21 Å². The molecule has 1 unspecified atom stereocenters. The number of aromatic nitrogens is 5. The maximum Gasteiger partial charge on any atom is 0.196 e. The molecule has 1 atom stereocenters. The van der Waals surface area contributed by atoms with Crippen molar-refractivity contribution in [2.75, 3.05) is 11.1 Å². The van der Waals surface area contributed by atoms with Crippen LogP contribution in [0.2, 0.25) is 0 Å². The Balaban J connectivity index is 2.15. The number of nitrogens with two attached hydrogens (primary N) is 1. The molecule has 2 rings (SSSR count). The van der Waals surface area contributed by atoms with Gasteiger partial charge in [-0.25, -0.2) is 4.98 Å². The zero-order chi connectivity index (χ0) is 11.5. The SMILES string of the molecule is Cc1cc(N)cnc1NC(C)c1nn[nH]n1. The molecule has 7 nitrogen and oxygen atoms in total. The smallest absolute Gasteiger partial charge is 0.196 e. The lowest BCUT2D eigenvalue weighted by atomic mass is 10.2. The van der Waals surface area contributed by atoms with E-state index in [0.29, 0.717) is 11.5 Å². The van der Waals surface area contributed by atoms with Gasteiger partial charge in [0.2, 0.25) is 0 Å². The van der Waals surface area contributed by atoms with Crippen LogP contribution in [0.5, 0.6) is 0 Å². The van der Waals surface area contributed by atoms with Gasteiger partial charge in [0.15, 0.2) is 5.82 Å². The Labute approximate surface area is 92.5 Å². The van der Waals surface area contributed by atoms with Gasteiger partial charge in [-0.15, -0.1) is 10.2 Å². The van der Waals surface area contributed by atoms with E-state index in [9.17, 15) is 0 Å². The number of nitrogens with zero attached hydrogens (tertiary/aromatic N) is 4. The summed E-state index contributed by atoms with van der Waals surface area (Å²) < 4.78 is 0. The summed E-state index contributed by atoms with van der Waals surface area (Å²) in [5.74, 6) is 1.37. The van der Waals surface area contributed by atoms with Crippen molar-refractivity contribution in [3.05, 3.63) is 23.7 Å². The standard InChI is InChI=1S/C9H13N7/c1-5-3-7(10)4-11-8(5)12-6(2)9-13-15-16-14-9/h3-4,6H,10H2,1-2H3,(H,11,12)(H,13,14,15,16). The summed E-state index contributed by atoms with van der Waals surface area (Å²) in [6, 6.07) is 1.80. The molecule has 84 valence electrons. The molecule has 0 aliphatic carbocycles. The Kier molecular flexibility index (Phi) is 2.67. The largest absolute Gasteiger partial charge is 0.397 e. The maximum absolute atomic E-state index is 5.62. The second kappa shape index (κ2) is 4.13. The van der Waals surface area contributed by atoms with Gasteiger partial charge in [-0.1, -0.05) is 5.21 Å². The summed E-state index contributed by atoms with van der Waals surface area (Å²) in [6.07, 6.45) is 1.61. The Morgan fingerprint density at radius 2 is 2.31 bits per heavy atom. The van der Waals surface area contributed by atoms with Crippen molar-refractivity contribution in [1.82, 2.24) is 25.6 Å². The molecule has 0 aliphatic heterocycles. The van der Waals surface area contributed by atoms with E-state index in [4.69, 9.17) is 5.73 Å². The Morgan fingerprint density at radius 3 is 2.94 bits per heavy atom. The van der Waals surface area contributed by atoms with Crippen LogP contribution in [0.4, 0.5) is 11.5 Å². The molecule has 0 aliphatic rings. The van der Waals surface area contributed by atoms with E-state index in [2.05, 4.69) is 30.9 Å². The topological polar surface area (TPSA) is 105 Å². The summed E-state index contributed by atoms with van der Waals surface area (Å²) in [5, 5.41) is 16.9. The molecule has 0 radical (unpaired) electrons. The number of aryl methyl sites for hydroxylation is 1. The summed E-state index contributed by atoms with van der Waals surface area (Å²) in [7, 11) is 0. The fourth-order valence-electron chi connectivity index (χ4n) is 1.37. The number of H-pyrrole nitrogens is 1. The summed E-state index contributed by atoms with van der Waals surface area (Å²) in [6.45, 7) is 3.87. The highest BCUT2D eigenvalue weighted by Crippen LogP contribution is 2.18. The monoisotopic (exact) mass is 219 g/mol. The van der Waals surface area contributed by atoms with Crippen LogP contribution in [-0.4, -0.2) is 25.6 Å². The summed E-state index contributed by atoms with van der Waals surface area (Å²) in [4.78, 5) is 4.21. The normalized spacial score (nSPS) is 12.4. The molecule has 2 aromatic heterocycles. The molecule has 0 bridgehead atoms. The van der Waals surface area contributed by atoms with Crippen molar-refractivity contribution in [3.8, 4) is 0 Å².